The van der Waals surface area contributed by atoms with Crippen LogP contribution in [0.25, 0.3) is 0 Å². The number of hydrogen-bond donors (Lipinski definition) is 1. The van der Waals surface area contributed by atoms with E-state index in [0.717, 1.165) is 9.13 Å². The molecule has 1 atom stereocenters. The number of hydrogen-bond acceptors (Lipinski definition) is 4. The Morgan fingerprint density at radius 3 is 2.35 bits per heavy atom. The second kappa shape index (κ2) is 11.4. The lowest BCUT2D eigenvalue weighted by molar-refractivity contribution is -0.143. The highest BCUT2D eigenvalue weighted by molar-refractivity contribution is 14.1. The van der Waals surface area contributed by atoms with Crippen molar-refractivity contribution in [3.63, 3.8) is 0 Å². The van der Waals surface area contributed by atoms with Gasteiger partial charge in [0.1, 0.15) is 17.5 Å². The Bertz CT molecular complexity index is 878. The highest BCUT2D eigenvalue weighted by atomic mass is 127. The van der Waals surface area contributed by atoms with Crippen molar-refractivity contribution < 1.29 is 19.1 Å². The molecule has 7 heteroatoms. The summed E-state index contributed by atoms with van der Waals surface area (Å²) in [5.41, 5.74) is 0.483. The maximum Gasteiger partial charge on any atom is 0.261 e. The molecule has 2 aromatic rings. The van der Waals surface area contributed by atoms with Gasteiger partial charge < -0.3 is 19.7 Å². The van der Waals surface area contributed by atoms with Crippen molar-refractivity contribution in [3.05, 3.63) is 57.7 Å². The molecule has 0 aliphatic carbocycles. The van der Waals surface area contributed by atoms with E-state index in [9.17, 15) is 9.59 Å². The molecule has 6 nitrogen and oxygen atoms in total. The largest absolute Gasteiger partial charge is 0.497 e. The fourth-order valence-corrected chi connectivity index (χ4v) is 3.46. The molecule has 2 amide bonds. The SMILES string of the molecule is CC[C@H](C(=O)NC(C)(C)C)N(Cc1cccc(OC)c1)C(=O)COc1ccc(I)cc1. The zero-order valence-electron chi connectivity index (χ0n) is 18.8. The molecule has 2 aromatic carbocycles. The van der Waals surface area contributed by atoms with Gasteiger partial charge in [0.25, 0.3) is 5.91 Å². The number of methoxy groups -OCH3 is 1. The van der Waals surface area contributed by atoms with Crippen LogP contribution in [0.2, 0.25) is 0 Å². The Labute approximate surface area is 198 Å². The van der Waals surface area contributed by atoms with Crippen LogP contribution in [0.15, 0.2) is 48.5 Å². The zero-order valence-corrected chi connectivity index (χ0v) is 20.9. The van der Waals surface area contributed by atoms with Crippen LogP contribution in [-0.4, -0.2) is 42.0 Å². The lowest BCUT2D eigenvalue weighted by Gasteiger charge is -2.33. The van der Waals surface area contributed by atoms with E-state index in [0.29, 0.717) is 17.9 Å². The summed E-state index contributed by atoms with van der Waals surface area (Å²) in [6.45, 7) is 7.80. The van der Waals surface area contributed by atoms with Gasteiger partial charge in [0.15, 0.2) is 6.61 Å². The monoisotopic (exact) mass is 538 g/mol. The van der Waals surface area contributed by atoms with E-state index in [4.69, 9.17) is 9.47 Å². The minimum absolute atomic E-state index is 0.149. The fraction of sp³-hybridized carbons (Fsp3) is 0.417. The van der Waals surface area contributed by atoms with Gasteiger partial charge >= 0.3 is 0 Å². The van der Waals surface area contributed by atoms with Crippen molar-refractivity contribution in [3.8, 4) is 11.5 Å². The quantitative estimate of drug-likeness (QED) is 0.481. The van der Waals surface area contributed by atoms with Gasteiger partial charge in [0, 0.05) is 15.7 Å². The fourth-order valence-electron chi connectivity index (χ4n) is 3.10. The second-order valence-electron chi connectivity index (χ2n) is 8.28. The van der Waals surface area contributed by atoms with Crippen molar-refractivity contribution in [2.24, 2.45) is 0 Å². The minimum Gasteiger partial charge on any atom is -0.497 e. The molecule has 0 aliphatic heterocycles. The lowest BCUT2D eigenvalue weighted by atomic mass is 10.1. The molecule has 2 rings (SSSR count). The van der Waals surface area contributed by atoms with Crippen LogP contribution in [0.3, 0.4) is 0 Å². The van der Waals surface area contributed by atoms with E-state index in [-0.39, 0.29) is 25.0 Å². The van der Waals surface area contributed by atoms with Crippen LogP contribution < -0.4 is 14.8 Å². The Morgan fingerprint density at radius 1 is 1.10 bits per heavy atom. The van der Waals surface area contributed by atoms with Crippen LogP contribution in [-0.2, 0) is 16.1 Å². The Balaban J connectivity index is 2.24. The summed E-state index contributed by atoms with van der Waals surface area (Å²) < 4.78 is 12.1. The third kappa shape index (κ3) is 8.05. The Hall–Kier alpha value is -2.29. The van der Waals surface area contributed by atoms with Gasteiger partial charge in [0.05, 0.1) is 7.11 Å². The van der Waals surface area contributed by atoms with Crippen LogP contribution >= 0.6 is 22.6 Å². The topological polar surface area (TPSA) is 67.9 Å². The molecule has 0 aliphatic rings. The van der Waals surface area contributed by atoms with Gasteiger partial charge in [-0.1, -0.05) is 19.1 Å². The van der Waals surface area contributed by atoms with Crippen molar-refractivity contribution in [1.29, 1.82) is 0 Å². The van der Waals surface area contributed by atoms with Crippen LogP contribution in [0.4, 0.5) is 0 Å². The van der Waals surface area contributed by atoms with E-state index in [1.54, 1.807) is 12.0 Å². The molecule has 0 aromatic heterocycles. The number of benzene rings is 2. The number of rotatable bonds is 9. The summed E-state index contributed by atoms with van der Waals surface area (Å²) in [7, 11) is 1.60. The number of amides is 2. The number of nitrogens with zero attached hydrogens (tertiary/aromatic N) is 1. The maximum atomic E-state index is 13.2. The van der Waals surface area contributed by atoms with Gasteiger partial charge in [-0.25, -0.2) is 0 Å². The number of carbonyl (C=O) groups excluding carboxylic acids is 2. The van der Waals surface area contributed by atoms with Crippen LogP contribution in [0.1, 0.15) is 39.7 Å². The molecule has 168 valence electrons. The molecule has 0 saturated carbocycles. The molecule has 1 N–H and O–H groups in total. The van der Waals surface area contributed by atoms with Crippen LogP contribution in [0, 0.1) is 3.57 Å². The molecule has 0 fully saturated rings. The summed E-state index contributed by atoms with van der Waals surface area (Å²) in [6, 6.07) is 14.4. The van der Waals surface area contributed by atoms with Crippen LogP contribution in [0.5, 0.6) is 11.5 Å². The molecule has 0 saturated heterocycles. The normalized spacial score (nSPS) is 12.1. The molecule has 0 bridgehead atoms. The molecule has 0 unspecified atom stereocenters. The van der Waals surface area contributed by atoms with E-state index < -0.39 is 11.6 Å². The third-order valence-electron chi connectivity index (χ3n) is 4.55. The van der Waals surface area contributed by atoms with Gasteiger partial charge in [-0.2, -0.15) is 0 Å². The third-order valence-corrected chi connectivity index (χ3v) is 5.27. The first-order valence-electron chi connectivity index (χ1n) is 10.3. The Kier molecular flexibility index (Phi) is 9.15. The summed E-state index contributed by atoms with van der Waals surface area (Å²) >= 11 is 2.21. The predicted octanol–water partition coefficient (Wildman–Crippen LogP) is 4.40. The van der Waals surface area contributed by atoms with E-state index in [1.165, 1.54) is 0 Å². The minimum atomic E-state index is -0.613. The number of ether oxygens (including phenoxy) is 2. The van der Waals surface area contributed by atoms with Gasteiger partial charge in [0.2, 0.25) is 5.91 Å². The summed E-state index contributed by atoms with van der Waals surface area (Å²) in [5, 5.41) is 2.99. The van der Waals surface area contributed by atoms with Gasteiger partial charge in [-0.3, -0.25) is 9.59 Å². The van der Waals surface area contributed by atoms with Crippen molar-refractivity contribution in [1.82, 2.24) is 10.2 Å². The van der Waals surface area contributed by atoms with E-state index >= 15 is 0 Å². The van der Waals surface area contributed by atoms with Gasteiger partial charge in [-0.05, 0) is 91.7 Å². The second-order valence-corrected chi connectivity index (χ2v) is 9.52. The molecule has 31 heavy (non-hydrogen) atoms. The van der Waals surface area contributed by atoms with E-state index in [2.05, 4.69) is 27.9 Å². The van der Waals surface area contributed by atoms with E-state index in [1.807, 2.05) is 76.2 Å². The molecule has 0 heterocycles. The smallest absolute Gasteiger partial charge is 0.261 e. The average Bonchev–Trinajstić information content (AvgIpc) is 2.71. The average molecular weight is 538 g/mol. The summed E-state index contributed by atoms with van der Waals surface area (Å²) in [6.07, 6.45) is 0.487. The standard InChI is InChI=1S/C24H31IN2O4/c1-6-21(23(29)26-24(2,3)4)27(15-17-8-7-9-20(14-17)30-5)22(28)16-31-19-12-10-18(25)11-13-19/h7-14,21H,6,15-16H2,1-5H3,(H,26,29)/t21-/m1/s1. The van der Waals surface area contributed by atoms with Crippen molar-refractivity contribution in [2.45, 2.75) is 52.2 Å². The maximum absolute atomic E-state index is 13.2. The molecular weight excluding hydrogens is 507 g/mol. The highest BCUT2D eigenvalue weighted by Crippen LogP contribution is 2.19. The Morgan fingerprint density at radius 2 is 1.77 bits per heavy atom. The van der Waals surface area contributed by atoms with Crippen molar-refractivity contribution >= 4 is 34.4 Å². The van der Waals surface area contributed by atoms with Gasteiger partial charge in [-0.15, -0.1) is 0 Å². The summed E-state index contributed by atoms with van der Waals surface area (Å²) in [5.74, 6) is 0.882. The molecule has 0 spiro atoms. The number of nitrogens with one attached hydrogen (secondary N) is 1. The zero-order chi connectivity index (χ0) is 23.0. The first-order chi connectivity index (χ1) is 14.6. The first kappa shape index (κ1) is 25.0. The lowest BCUT2D eigenvalue weighted by Crippen LogP contribution is -2.54. The number of carbonyl (C=O) groups is 2. The predicted molar refractivity (Wildman–Crippen MR) is 130 cm³/mol. The summed E-state index contributed by atoms with van der Waals surface area (Å²) in [4.78, 5) is 27.8. The number of halogens is 1. The molecular formula is C24H31IN2O4. The molecule has 0 radical (unpaired) electrons. The van der Waals surface area contributed by atoms with Crippen molar-refractivity contribution in [2.75, 3.05) is 13.7 Å². The first-order valence-corrected chi connectivity index (χ1v) is 11.3. The highest BCUT2D eigenvalue weighted by Gasteiger charge is 2.31.